The summed E-state index contributed by atoms with van der Waals surface area (Å²) in [5.74, 6) is -1.73. The van der Waals surface area contributed by atoms with E-state index >= 15 is 0 Å². The molecule has 7 nitrogen and oxygen atoms in total. The quantitative estimate of drug-likeness (QED) is 0.410. The fraction of sp³-hybridized carbons (Fsp3) is 0.136. The van der Waals surface area contributed by atoms with Crippen molar-refractivity contribution >= 4 is 28.6 Å². The summed E-state index contributed by atoms with van der Waals surface area (Å²) in [6.45, 7) is -0.801. The highest BCUT2D eigenvalue weighted by molar-refractivity contribution is 6.30. The molecular formula is C22H17ClF2N4O3. The second kappa shape index (κ2) is 8.99. The standard InChI is InChI=1S/C22H17ClF2N4O3/c23-13-3-1-12(2-4-13)20-16-6-8-19(32)29(18-7-5-14(24)9-17(18)25)21(16)28-22(27-20)26-15(10-30)11-31/h1-9,15,30-31H,10-11H2,(H,26,27,28). The number of nitrogens with zero attached hydrogens (tertiary/aromatic N) is 3. The lowest BCUT2D eigenvalue weighted by molar-refractivity contribution is 0.203. The Morgan fingerprint density at radius 3 is 2.38 bits per heavy atom. The number of hydrogen-bond donors (Lipinski definition) is 3. The molecule has 2 heterocycles. The van der Waals surface area contributed by atoms with Crippen molar-refractivity contribution < 1.29 is 19.0 Å². The Bertz CT molecular complexity index is 1340. The molecule has 0 spiro atoms. The Kier molecular flexibility index (Phi) is 6.13. The number of aliphatic hydroxyl groups excluding tert-OH is 2. The maximum atomic E-state index is 14.6. The molecule has 32 heavy (non-hydrogen) atoms. The van der Waals surface area contributed by atoms with Crippen LogP contribution in [-0.4, -0.2) is 44.0 Å². The van der Waals surface area contributed by atoms with Crippen LogP contribution in [0.25, 0.3) is 28.0 Å². The highest BCUT2D eigenvalue weighted by Gasteiger charge is 2.18. The molecule has 0 unspecified atom stereocenters. The summed E-state index contributed by atoms with van der Waals surface area (Å²) in [4.78, 5) is 21.6. The lowest BCUT2D eigenvalue weighted by Crippen LogP contribution is -2.29. The van der Waals surface area contributed by atoms with Crippen LogP contribution in [0.5, 0.6) is 0 Å². The van der Waals surface area contributed by atoms with E-state index in [1.54, 1.807) is 24.3 Å². The largest absolute Gasteiger partial charge is 0.394 e. The average Bonchev–Trinajstić information content (AvgIpc) is 2.78. The molecule has 0 saturated heterocycles. The lowest BCUT2D eigenvalue weighted by Gasteiger charge is -2.17. The van der Waals surface area contributed by atoms with Gasteiger partial charge >= 0.3 is 0 Å². The maximum absolute atomic E-state index is 14.6. The zero-order chi connectivity index (χ0) is 22.8. The van der Waals surface area contributed by atoms with Gasteiger partial charge in [0.15, 0.2) is 5.65 Å². The summed E-state index contributed by atoms with van der Waals surface area (Å²) in [5.41, 5.74) is 0.324. The van der Waals surface area contributed by atoms with Crippen LogP contribution in [0.4, 0.5) is 14.7 Å². The zero-order valence-corrected chi connectivity index (χ0v) is 17.2. The van der Waals surface area contributed by atoms with E-state index in [1.807, 2.05) is 0 Å². The minimum Gasteiger partial charge on any atom is -0.394 e. The summed E-state index contributed by atoms with van der Waals surface area (Å²) in [6.07, 6.45) is 0. The Morgan fingerprint density at radius 1 is 1.00 bits per heavy atom. The molecule has 10 heteroatoms. The monoisotopic (exact) mass is 458 g/mol. The highest BCUT2D eigenvalue weighted by atomic mass is 35.5. The molecule has 0 aliphatic heterocycles. The van der Waals surface area contributed by atoms with Gasteiger partial charge in [0.05, 0.1) is 30.6 Å². The van der Waals surface area contributed by atoms with Crippen molar-refractivity contribution in [2.24, 2.45) is 0 Å². The van der Waals surface area contributed by atoms with Crippen LogP contribution in [0.2, 0.25) is 5.02 Å². The highest BCUT2D eigenvalue weighted by Crippen LogP contribution is 2.29. The van der Waals surface area contributed by atoms with Crippen LogP contribution in [0, 0.1) is 11.6 Å². The fourth-order valence-corrected chi connectivity index (χ4v) is 3.36. The molecule has 0 bridgehead atoms. The van der Waals surface area contributed by atoms with Gasteiger partial charge in [0.25, 0.3) is 5.56 Å². The normalized spacial score (nSPS) is 11.3. The maximum Gasteiger partial charge on any atom is 0.256 e. The molecular weight excluding hydrogens is 442 g/mol. The van der Waals surface area contributed by atoms with Gasteiger partial charge in [0.1, 0.15) is 11.6 Å². The molecule has 0 atom stereocenters. The van der Waals surface area contributed by atoms with Crippen LogP contribution in [-0.2, 0) is 0 Å². The Labute approximate surface area is 185 Å². The van der Waals surface area contributed by atoms with Crippen molar-refractivity contribution in [3.8, 4) is 16.9 Å². The summed E-state index contributed by atoms with van der Waals surface area (Å²) in [5, 5.41) is 22.6. The van der Waals surface area contributed by atoms with Gasteiger partial charge in [-0.3, -0.25) is 9.36 Å². The SMILES string of the molecule is O=c1ccc2c(-c3ccc(Cl)cc3)nc(NC(CO)CO)nc2n1-c1ccc(F)cc1F. The molecule has 0 aliphatic rings. The molecule has 0 amide bonds. The number of anilines is 1. The van der Waals surface area contributed by atoms with E-state index in [9.17, 15) is 23.8 Å². The van der Waals surface area contributed by atoms with Gasteiger partial charge in [-0.2, -0.15) is 4.98 Å². The van der Waals surface area contributed by atoms with E-state index < -0.39 is 36.4 Å². The van der Waals surface area contributed by atoms with E-state index in [1.165, 1.54) is 12.1 Å². The van der Waals surface area contributed by atoms with Crippen molar-refractivity contribution in [2.75, 3.05) is 18.5 Å². The van der Waals surface area contributed by atoms with Crippen LogP contribution >= 0.6 is 11.6 Å². The predicted molar refractivity (Wildman–Crippen MR) is 117 cm³/mol. The van der Waals surface area contributed by atoms with E-state index in [2.05, 4.69) is 15.3 Å². The van der Waals surface area contributed by atoms with Crippen molar-refractivity contribution in [3.63, 3.8) is 0 Å². The van der Waals surface area contributed by atoms with Gasteiger partial charge in [-0.15, -0.1) is 0 Å². The van der Waals surface area contributed by atoms with Crippen LogP contribution in [0.15, 0.2) is 59.4 Å². The van der Waals surface area contributed by atoms with Crippen molar-refractivity contribution in [1.29, 1.82) is 0 Å². The first-order valence-electron chi connectivity index (χ1n) is 9.54. The van der Waals surface area contributed by atoms with Gasteiger partial charge in [0.2, 0.25) is 5.95 Å². The number of aromatic nitrogens is 3. The first-order valence-corrected chi connectivity index (χ1v) is 9.92. The zero-order valence-electron chi connectivity index (χ0n) is 16.5. The molecule has 0 aliphatic carbocycles. The van der Waals surface area contributed by atoms with Crippen molar-refractivity contribution in [2.45, 2.75) is 6.04 Å². The number of rotatable bonds is 6. The second-order valence-corrected chi connectivity index (χ2v) is 7.39. The van der Waals surface area contributed by atoms with Gasteiger partial charge in [-0.25, -0.2) is 13.8 Å². The molecule has 2 aromatic carbocycles. The molecule has 3 N–H and O–H groups in total. The molecule has 4 aromatic rings. The van der Waals surface area contributed by atoms with Crippen LogP contribution in [0.1, 0.15) is 0 Å². The number of halogens is 3. The third-order valence-corrected chi connectivity index (χ3v) is 5.04. The lowest BCUT2D eigenvalue weighted by atomic mass is 10.1. The molecule has 0 radical (unpaired) electrons. The Balaban J connectivity index is 2.04. The Morgan fingerprint density at radius 2 is 1.72 bits per heavy atom. The third kappa shape index (κ3) is 4.18. The third-order valence-electron chi connectivity index (χ3n) is 4.79. The smallest absolute Gasteiger partial charge is 0.256 e. The van der Waals surface area contributed by atoms with E-state index in [4.69, 9.17) is 11.6 Å². The number of benzene rings is 2. The second-order valence-electron chi connectivity index (χ2n) is 6.95. The number of pyridine rings is 1. The molecule has 4 rings (SSSR count). The summed E-state index contributed by atoms with van der Waals surface area (Å²) in [7, 11) is 0. The molecule has 2 aromatic heterocycles. The van der Waals surface area contributed by atoms with E-state index in [0.29, 0.717) is 27.7 Å². The first kappa shape index (κ1) is 21.8. The van der Waals surface area contributed by atoms with Gasteiger partial charge < -0.3 is 15.5 Å². The Hall–Kier alpha value is -3.40. The van der Waals surface area contributed by atoms with Crippen molar-refractivity contribution in [1.82, 2.24) is 14.5 Å². The molecule has 0 fully saturated rings. The first-order chi connectivity index (χ1) is 15.4. The summed E-state index contributed by atoms with van der Waals surface area (Å²) < 4.78 is 29.1. The van der Waals surface area contributed by atoms with Gasteiger partial charge in [-0.1, -0.05) is 23.7 Å². The van der Waals surface area contributed by atoms with Crippen molar-refractivity contribution in [3.05, 3.63) is 81.6 Å². The number of hydrogen-bond acceptors (Lipinski definition) is 6. The molecule has 0 saturated carbocycles. The predicted octanol–water partition coefficient (Wildman–Crippen LogP) is 3.14. The number of aliphatic hydroxyl groups is 2. The summed E-state index contributed by atoms with van der Waals surface area (Å²) in [6, 6.07) is 11.6. The van der Waals surface area contributed by atoms with Crippen LogP contribution < -0.4 is 10.9 Å². The average molecular weight is 459 g/mol. The minimum absolute atomic E-state index is 0.00239. The topological polar surface area (TPSA) is 100 Å². The van der Waals surface area contributed by atoms with E-state index in [0.717, 1.165) is 16.7 Å². The van der Waals surface area contributed by atoms with Crippen LogP contribution in [0.3, 0.4) is 0 Å². The number of fused-ring (bicyclic) bond motifs is 1. The van der Waals surface area contributed by atoms with Gasteiger partial charge in [0, 0.05) is 28.1 Å². The van der Waals surface area contributed by atoms with Gasteiger partial charge in [-0.05, 0) is 30.3 Å². The van der Waals surface area contributed by atoms with E-state index in [-0.39, 0.29) is 17.3 Å². The minimum atomic E-state index is -0.940. The molecule has 164 valence electrons. The fourth-order valence-electron chi connectivity index (χ4n) is 3.23. The number of nitrogens with one attached hydrogen (secondary N) is 1. The summed E-state index contributed by atoms with van der Waals surface area (Å²) >= 11 is 5.99.